The van der Waals surface area contributed by atoms with Crippen LogP contribution in [0.25, 0.3) is 0 Å². The normalized spacial score (nSPS) is 12.3. The van der Waals surface area contributed by atoms with Gasteiger partial charge in [-0.05, 0) is 36.8 Å². The van der Waals surface area contributed by atoms with Gasteiger partial charge in [0, 0.05) is 6.42 Å². The maximum Gasteiger partial charge on any atom is 0.119 e. The molecule has 1 unspecified atom stereocenters. The summed E-state index contributed by atoms with van der Waals surface area (Å²) < 4.78 is 10.8. The number of rotatable bonds is 6. The number of nitrogens with two attached hydrogens (primary N) is 1. The molecule has 0 aliphatic rings. The van der Waals surface area contributed by atoms with E-state index in [9.17, 15) is 0 Å². The Balaban J connectivity index is 2.13. The smallest absolute Gasteiger partial charge is 0.119 e. The van der Waals surface area contributed by atoms with Crippen molar-refractivity contribution >= 4 is 0 Å². The number of ether oxygens (including phenoxy) is 1. The van der Waals surface area contributed by atoms with Crippen LogP contribution in [0.1, 0.15) is 24.3 Å². The summed E-state index contributed by atoms with van der Waals surface area (Å²) in [6.07, 6.45) is 2.37. The largest absolute Gasteiger partial charge is 0.494 e. The molecule has 4 heteroatoms. The third-order valence-corrected chi connectivity index (χ3v) is 2.76. The average molecular weight is 246 g/mol. The summed E-state index contributed by atoms with van der Waals surface area (Å²) in [7, 11) is 0. The lowest BCUT2D eigenvalue weighted by Gasteiger charge is -2.16. The van der Waals surface area contributed by atoms with Crippen molar-refractivity contribution in [1.29, 1.82) is 0 Å². The third kappa shape index (κ3) is 3.12. The number of hydrogen-bond donors (Lipinski definition) is 2. The zero-order chi connectivity index (χ0) is 12.8. The summed E-state index contributed by atoms with van der Waals surface area (Å²) in [5.41, 5.74) is 3.89. The summed E-state index contributed by atoms with van der Waals surface area (Å²) in [6, 6.07) is 11.8. The van der Waals surface area contributed by atoms with Crippen LogP contribution in [0.4, 0.5) is 0 Å². The predicted octanol–water partition coefficient (Wildman–Crippen LogP) is 2.43. The summed E-state index contributed by atoms with van der Waals surface area (Å²) in [5.74, 6) is 7.37. The molecule has 0 amide bonds. The SMILES string of the molecule is CCOc1cccc(C(Cc2ccco2)NN)c1. The Kier molecular flexibility index (Phi) is 4.39. The molecule has 0 fully saturated rings. The van der Waals surface area contributed by atoms with E-state index in [1.54, 1.807) is 6.26 Å². The highest BCUT2D eigenvalue weighted by Crippen LogP contribution is 2.22. The predicted molar refractivity (Wildman–Crippen MR) is 70.1 cm³/mol. The molecule has 0 bridgehead atoms. The van der Waals surface area contributed by atoms with Gasteiger partial charge in [-0.15, -0.1) is 0 Å². The fourth-order valence-electron chi connectivity index (χ4n) is 1.89. The molecule has 0 radical (unpaired) electrons. The van der Waals surface area contributed by atoms with Crippen molar-refractivity contribution < 1.29 is 9.15 Å². The van der Waals surface area contributed by atoms with E-state index in [1.165, 1.54) is 0 Å². The van der Waals surface area contributed by atoms with Gasteiger partial charge in [0.15, 0.2) is 0 Å². The number of nitrogens with one attached hydrogen (secondary N) is 1. The van der Waals surface area contributed by atoms with Gasteiger partial charge in [0.2, 0.25) is 0 Å². The summed E-state index contributed by atoms with van der Waals surface area (Å²) in [5, 5.41) is 0. The van der Waals surface area contributed by atoms with E-state index >= 15 is 0 Å². The van der Waals surface area contributed by atoms with Crippen LogP contribution in [0.3, 0.4) is 0 Å². The van der Waals surface area contributed by atoms with Gasteiger partial charge in [-0.2, -0.15) is 0 Å². The number of hydrazine groups is 1. The van der Waals surface area contributed by atoms with Crippen molar-refractivity contribution in [3.05, 3.63) is 54.0 Å². The molecule has 1 heterocycles. The van der Waals surface area contributed by atoms with Crippen LogP contribution in [0, 0.1) is 0 Å². The number of hydrogen-bond acceptors (Lipinski definition) is 4. The average Bonchev–Trinajstić information content (AvgIpc) is 2.89. The molecule has 2 aromatic rings. The van der Waals surface area contributed by atoms with E-state index in [0.717, 1.165) is 17.1 Å². The van der Waals surface area contributed by atoms with Crippen LogP contribution in [-0.2, 0) is 6.42 Å². The zero-order valence-corrected chi connectivity index (χ0v) is 10.4. The van der Waals surface area contributed by atoms with Crippen molar-refractivity contribution in [2.24, 2.45) is 5.84 Å². The Morgan fingerprint density at radius 1 is 1.33 bits per heavy atom. The van der Waals surface area contributed by atoms with E-state index in [1.807, 2.05) is 43.3 Å². The molecule has 1 atom stereocenters. The topological polar surface area (TPSA) is 60.4 Å². The molecule has 2 rings (SSSR count). The second kappa shape index (κ2) is 6.23. The summed E-state index contributed by atoms with van der Waals surface area (Å²) >= 11 is 0. The lowest BCUT2D eigenvalue weighted by molar-refractivity contribution is 0.339. The second-order valence-electron chi connectivity index (χ2n) is 4.01. The van der Waals surface area contributed by atoms with Crippen LogP contribution in [0.2, 0.25) is 0 Å². The van der Waals surface area contributed by atoms with Crippen LogP contribution >= 0.6 is 0 Å². The quantitative estimate of drug-likeness (QED) is 0.607. The Morgan fingerprint density at radius 2 is 2.22 bits per heavy atom. The zero-order valence-electron chi connectivity index (χ0n) is 10.4. The maximum absolute atomic E-state index is 5.61. The molecule has 96 valence electrons. The first-order chi connectivity index (χ1) is 8.83. The molecule has 0 aliphatic carbocycles. The monoisotopic (exact) mass is 246 g/mol. The van der Waals surface area contributed by atoms with Gasteiger partial charge >= 0.3 is 0 Å². The summed E-state index contributed by atoms with van der Waals surface area (Å²) in [6.45, 7) is 2.62. The van der Waals surface area contributed by atoms with E-state index < -0.39 is 0 Å². The van der Waals surface area contributed by atoms with E-state index in [4.69, 9.17) is 15.0 Å². The minimum Gasteiger partial charge on any atom is -0.494 e. The molecule has 1 aromatic heterocycles. The van der Waals surface area contributed by atoms with Gasteiger partial charge < -0.3 is 9.15 Å². The van der Waals surface area contributed by atoms with Gasteiger partial charge in [0.25, 0.3) is 0 Å². The van der Waals surface area contributed by atoms with Gasteiger partial charge in [0.1, 0.15) is 11.5 Å². The first-order valence-corrected chi connectivity index (χ1v) is 6.04. The Morgan fingerprint density at radius 3 is 2.89 bits per heavy atom. The molecule has 0 saturated carbocycles. The van der Waals surface area contributed by atoms with Crippen molar-refractivity contribution in [1.82, 2.24) is 5.43 Å². The lowest BCUT2D eigenvalue weighted by atomic mass is 10.0. The highest BCUT2D eigenvalue weighted by atomic mass is 16.5. The molecule has 4 nitrogen and oxygen atoms in total. The highest BCUT2D eigenvalue weighted by Gasteiger charge is 2.12. The van der Waals surface area contributed by atoms with Gasteiger partial charge in [0.05, 0.1) is 18.9 Å². The molecule has 0 aliphatic heterocycles. The minimum atomic E-state index is 0.0107. The molecule has 0 spiro atoms. The Bertz CT molecular complexity index is 468. The molecule has 1 aromatic carbocycles. The maximum atomic E-state index is 5.61. The van der Waals surface area contributed by atoms with E-state index in [-0.39, 0.29) is 6.04 Å². The van der Waals surface area contributed by atoms with E-state index in [0.29, 0.717) is 13.0 Å². The lowest BCUT2D eigenvalue weighted by Crippen LogP contribution is -2.29. The van der Waals surface area contributed by atoms with Crippen LogP contribution in [0.5, 0.6) is 5.75 Å². The first-order valence-electron chi connectivity index (χ1n) is 6.04. The molecule has 0 saturated heterocycles. The van der Waals surface area contributed by atoms with Crippen molar-refractivity contribution in [2.75, 3.05) is 6.61 Å². The fourth-order valence-corrected chi connectivity index (χ4v) is 1.89. The molecule has 3 N–H and O–H groups in total. The second-order valence-corrected chi connectivity index (χ2v) is 4.01. The Hall–Kier alpha value is -1.78. The first kappa shape index (κ1) is 12.7. The van der Waals surface area contributed by atoms with Gasteiger partial charge in [-0.1, -0.05) is 12.1 Å². The van der Waals surface area contributed by atoms with E-state index in [2.05, 4.69) is 5.43 Å². The Labute approximate surface area is 107 Å². The van der Waals surface area contributed by atoms with Gasteiger partial charge in [-0.25, -0.2) is 0 Å². The molecule has 18 heavy (non-hydrogen) atoms. The third-order valence-electron chi connectivity index (χ3n) is 2.76. The fraction of sp³-hybridized carbons (Fsp3) is 0.286. The standard InChI is InChI=1S/C14H18N2O2/c1-2-17-12-6-3-5-11(9-12)14(16-15)10-13-7-4-8-18-13/h3-9,14,16H,2,10,15H2,1H3. The summed E-state index contributed by atoms with van der Waals surface area (Å²) in [4.78, 5) is 0. The van der Waals surface area contributed by atoms with Crippen molar-refractivity contribution in [2.45, 2.75) is 19.4 Å². The minimum absolute atomic E-state index is 0.0107. The molecular weight excluding hydrogens is 228 g/mol. The van der Waals surface area contributed by atoms with Crippen LogP contribution in [0.15, 0.2) is 47.1 Å². The number of benzene rings is 1. The van der Waals surface area contributed by atoms with Crippen LogP contribution < -0.4 is 16.0 Å². The van der Waals surface area contributed by atoms with Crippen molar-refractivity contribution in [3.8, 4) is 5.75 Å². The molecular formula is C14H18N2O2. The van der Waals surface area contributed by atoms with Gasteiger partial charge in [-0.3, -0.25) is 11.3 Å². The van der Waals surface area contributed by atoms with Crippen LogP contribution in [-0.4, -0.2) is 6.61 Å². The highest BCUT2D eigenvalue weighted by molar-refractivity contribution is 5.31. The number of furan rings is 1. The van der Waals surface area contributed by atoms with Crippen molar-refractivity contribution in [3.63, 3.8) is 0 Å².